The Labute approximate surface area is 168 Å². The van der Waals surface area contributed by atoms with Gasteiger partial charge in [-0.1, -0.05) is 24.3 Å². The largest absolute Gasteiger partial charge is 0.379 e. The number of nitrogens with zero attached hydrogens (tertiary/aromatic N) is 1. The third-order valence-corrected chi connectivity index (χ3v) is 6.34. The lowest BCUT2D eigenvalue weighted by Crippen LogP contribution is -2.41. The lowest BCUT2D eigenvalue weighted by atomic mass is 9.99. The van der Waals surface area contributed by atoms with Crippen molar-refractivity contribution in [2.24, 2.45) is 0 Å². The van der Waals surface area contributed by atoms with E-state index in [1.807, 2.05) is 24.3 Å². The van der Waals surface area contributed by atoms with Crippen molar-refractivity contribution >= 4 is 39.8 Å². The van der Waals surface area contributed by atoms with E-state index in [1.165, 1.54) is 10.5 Å². The fourth-order valence-electron chi connectivity index (χ4n) is 4.20. The molecule has 4 nitrogen and oxygen atoms in total. The predicted molar refractivity (Wildman–Crippen MR) is 114 cm³/mol. The van der Waals surface area contributed by atoms with E-state index in [0.29, 0.717) is 6.61 Å². The molecule has 3 heterocycles. The van der Waals surface area contributed by atoms with Gasteiger partial charge in [-0.2, -0.15) is 0 Å². The second-order valence-corrected chi connectivity index (χ2v) is 8.38. The standard InChI is InChI=1S/C23H22N2O2S/c26-23(24-16-5-3-11-27-14-16)21-18-7-1-2-8-20(18)25-22-15(9-10-19(21)22)13-17-6-4-12-28-17/h1-2,4,6-8,12-13,16H,3,5,9-11,14H2,(H,24,26)/b15-13-. The number of pyridine rings is 1. The van der Waals surface area contributed by atoms with Crippen LogP contribution >= 0.6 is 11.3 Å². The van der Waals surface area contributed by atoms with E-state index in [-0.39, 0.29) is 11.9 Å². The molecule has 2 aromatic heterocycles. The quantitative estimate of drug-likeness (QED) is 0.706. The molecule has 1 aliphatic heterocycles. The minimum atomic E-state index is 0.00252. The number of benzene rings is 1. The van der Waals surface area contributed by atoms with Crippen LogP contribution in [-0.4, -0.2) is 30.1 Å². The molecule has 1 unspecified atom stereocenters. The molecule has 1 aliphatic carbocycles. The van der Waals surface area contributed by atoms with Gasteiger partial charge in [0, 0.05) is 16.9 Å². The van der Waals surface area contributed by atoms with Crippen molar-refractivity contribution in [3.05, 3.63) is 63.5 Å². The third-order valence-electron chi connectivity index (χ3n) is 5.52. The summed E-state index contributed by atoms with van der Waals surface area (Å²) in [4.78, 5) is 19.5. The monoisotopic (exact) mass is 390 g/mol. The first kappa shape index (κ1) is 17.6. The molecule has 142 valence electrons. The number of aromatic nitrogens is 1. The van der Waals surface area contributed by atoms with Gasteiger partial charge in [0.1, 0.15) is 0 Å². The zero-order chi connectivity index (χ0) is 18.9. The van der Waals surface area contributed by atoms with Gasteiger partial charge in [0.2, 0.25) is 0 Å². The smallest absolute Gasteiger partial charge is 0.252 e. The summed E-state index contributed by atoms with van der Waals surface area (Å²) in [5, 5.41) is 6.23. The molecule has 1 atom stereocenters. The fourth-order valence-corrected chi connectivity index (χ4v) is 4.88. The number of para-hydroxylation sites is 1. The number of hydrogen-bond donors (Lipinski definition) is 1. The number of carbonyl (C=O) groups excluding carboxylic acids is 1. The van der Waals surface area contributed by atoms with Crippen molar-refractivity contribution in [1.29, 1.82) is 0 Å². The second kappa shape index (κ2) is 7.49. The molecule has 0 radical (unpaired) electrons. The van der Waals surface area contributed by atoms with Crippen LogP contribution in [-0.2, 0) is 11.2 Å². The van der Waals surface area contributed by atoms with Crippen LogP contribution < -0.4 is 5.32 Å². The SMILES string of the molecule is O=C(NC1CCCOC1)c1c2c(nc3ccccc13)/C(=C\c1cccs1)CC2. The third kappa shape index (κ3) is 3.25. The molecule has 2 aliphatic rings. The van der Waals surface area contributed by atoms with Gasteiger partial charge in [-0.3, -0.25) is 4.79 Å². The Balaban J connectivity index is 1.59. The summed E-state index contributed by atoms with van der Waals surface area (Å²) in [6.45, 7) is 1.39. The van der Waals surface area contributed by atoms with Crippen LogP contribution in [0.2, 0.25) is 0 Å². The summed E-state index contributed by atoms with van der Waals surface area (Å²) in [6.07, 6.45) is 5.96. The summed E-state index contributed by atoms with van der Waals surface area (Å²) in [5.74, 6) is 0.00252. The van der Waals surface area contributed by atoms with Crippen LogP contribution in [0.25, 0.3) is 22.6 Å². The molecule has 5 rings (SSSR count). The highest BCUT2D eigenvalue weighted by molar-refractivity contribution is 7.10. The maximum atomic E-state index is 13.3. The van der Waals surface area contributed by atoms with Gasteiger partial charge in [0.05, 0.1) is 29.4 Å². The number of amides is 1. The Kier molecular flexibility index (Phi) is 4.71. The van der Waals surface area contributed by atoms with Gasteiger partial charge >= 0.3 is 0 Å². The Morgan fingerprint density at radius 3 is 2.96 bits per heavy atom. The molecule has 3 aromatic rings. The van der Waals surface area contributed by atoms with Crippen molar-refractivity contribution in [2.75, 3.05) is 13.2 Å². The van der Waals surface area contributed by atoms with E-state index in [0.717, 1.165) is 60.0 Å². The highest BCUT2D eigenvalue weighted by Crippen LogP contribution is 2.38. The Bertz CT molecular complexity index is 1050. The van der Waals surface area contributed by atoms with Crippen LogP contribution in [0.4, 0.5) is 0 Å². The van der Waals surface area contributed by atoms with Crippen LogP contribution in [0.1, 0.15) is 45.8 Å². The zero-order valence-corrected chi connectivity index (χ0v) is 16.4. The summed E-state index contributed by atoms with van der Waals surface area (Å²) < 4.78 is 5.54. The first-order valence-electron chi connectivity index (χ1n) is 9.84. The molecular weight excluding hydrogens is 368 g/mol. The molecule has 1 aromatic carbocycles. The average molecular weight is 391 g/mol. The maximum absolute atomic E-state index is 13.3. The number of allylic oxidation sites excluding steroid dienone is 1. The van der Waals surface area contributed by atoms with E-state index in [9.17, 15) is 4.79 Å². The zero-order valence-electron chi connectivity index (χ0n) is 15.6. The van der Waals surface area contributed by atoms with E-state index in [1.54, 1.807) is 11.3 Å². The Morgan fingerprint density at radius 1 is 1.21 bits per heavy atom. The highest BCUT2D eigenvalue weighted by Gasteiger charge is 2.28. The number of rotatable bonds is 3. The van der Waals surface area contributed by atoms with E-state index >= 15 is 0 Å². The molecule has 0 saturated carbocycles. The van der Waals surface area contributed by atoms with Crippen molar-refractivity contribution < 1.29 is 9.53 Å². The minimum Gasteiger partial charge on any atom is -0.379 e. The van der Waals surface area contributed by atoms with Gasteiger partial charge in [-0.25, -0.2) is 4.98 Å². The molecule has 28 heavy (non-hydrogen) atoms. The number of fused-ring (bicyclic) bond motifs is 2. The molecule has 0 spiro atoms. The van der Waals surface area contributed by atoms with E-state index in [4.69, 9.17) is 9.72 Å². The van der Waals surface area contributed by atoms with E-state index < -0.39 is 0 Å². The molecule has 1 fully saturated rings. The van der Waals surface area contributed by atoms with Gasteiger partial charge in [0.15, 0.2) is 0 Å². The number of ether oxygens (including phenoxy) is 1. The van der Waals surface area contributed by atoms with Crippen molar-refractivity contribution in [2.45, 2.75) is 31.7 Å². The molecule has 1 amide bonds. The molecule has 1 N–H and O–H groups in total. The van der Waals surface area contributed by atoms with Gasteiger partial charge < -0.3 is 10.1 Å². The van der Waals surface area contributed by atoms with Crippen molar-refractivity contribution in [1.82, 2.24) is 10.3 Å². The predicted octanol–water partition coefficient (Wildman–Crippen LogP) is 4.69. The van der Waals surface area contributed by atoms with Crippen molar-refractivity contribution in [3.63, 3.8) is 0 Å². The maximum Gasteiger partial charge on any atom is 0.252 e. The lowest BCUT2D eigenvalue weighted by Gasteiger charge is -2.24. The number of carbonyl (C=O) groups is 1. The van der Waals surface area contributed by atoms with Gasteiger partial charge in [-0.15, -0.1) is 11.3 Å². The van der Waals surface area contributed by atoms with Crippen LogP contribution in [0.15, 0.2) is 41.8 Å². The van der Waals surface area contributed by atoms with Crippen LogP contribution in [0.3, 0.4) is 0 Å². The summed E-state index contributed by atoms with van der Waals surface area (Å²) in [5.41, 5.74) is 4.96. The molecule has 5 heteroatoms. The number of hydrogen-bond acceptors (Lipinski definition) is 4. The van der Waals surface area contributed by atoms with Crippen molar-refractivity contribution in [3.8, 4) is 0 Å². The Morgan fingerprint density at radius 2 is 2.14 bits per heavy atom. The van der Waals surface area contributed by atoms with Crippen LogP contribution in [0, 0.1) is 0 Å². The van der Waals surface area contributed by atoms with Crippen LogP contribution in [0.5, 0.6) is 0 Å². The molecule has 0 bridgehead atoms. The number of nitrogens with one attached hydrogen (secondary N) is 1. The summed E-state index contributed by atoms with van der Waals surface area (Å²) >= 11 is 1.72. The second-order valence-electron chi connectivity index (χ2n) is 7.40. The highest BCUT2D eigenvalue weighted by atomic mass is 32.1. The first-order chi connectivity index (χ1) is 13.8. The van der Waals surface area contributed by atoms with E-state index in [2.05, 4.69) is 28.9 Å². The molecule has 1 saturated heterocycles. The number of thiophene rings is 1. The Hall–Kier alpha value is -2.50. The van der Waals surface area contributed by atoms with Gasteiger partial charge in [-0.05, 0) is 60.4 Å². The topological polar surface area (TPSA) is 51.2 Å². The average Bonchev–Trinajstić information content (AvgIpc) is 3.37. The first-order valence-corrected chi connectivity index (χ1v) is 10.7. The summed E-state index contributed by atoms with van der Waals surface area (Å²) in [7, 11) is 0. The van der Waals surface area contributed by atoms with Gasteiger partial charge in [0.25, 0.3) is 5.91 Å². The molecular formula is C23H22N2O2S. The summed E-state index contributed by atoms with van der Waals surface area (Å²) in [6, 6.07) is 12.2. The lowest BCUT2D eigenvalue weighted by molar-refractivity contribution is 0.0624. The fraction of sp³-hybridized carbons (Fsp3) is 0.304. The normalized spacial score (nSPS) is 20.4. The minimum absolute atomic E-state index is 0.00252.